The van der Waals surface area contributed by atoms with Gasteiger partial charge in [-0.15, -0.1) is 5.01 Å². The zero-order valence-corrected chi connectivity index (χ0v) is 11.4. The first-order valence-electron chi connectivity index (χ1n) is 6.91. The van der Waals surface area contributed by atoms with E-state index in [-0.39, 0.29) is 12.5 Å². The third kappa shape index (κ3) is 2.55. The van der Waals surface area contributed by atoms with E-state index in [1.54, 1.807) is 17.9 Å². The lowest BCUT2D eigenvalue weighted by atomic mass is 9.96. The molecule has 0 saturated carbocycles. The van der Waals surface area contributed by atoms with E-state index in [0.29, 0.717) is 25.3 Å². The van der Waals surface area contributed by atoms with E-state index < -0.39 is 6.08 Å². The van der Waals surface area contributed by atoms with Crippen molar-refractivity contribution in [1.82, 2.24) is 5.27 Å². The fourth-order valence-corrected chi connectivity index (χ4v) is 2.78. The first kappa shape index (κ1) is 13.2. The Bertz CT molecular complexity index is 468. The summed E-state index contributed by atoms with van der Waals surface area (Å²) in [7, 11) is 0. The Morgan fingerprint density at radius 2 is 2.30 bits per heavy atom. The van der Waals surface area contributed by atoms with E-state index in [0.717, 1.165) is 12.8 Å². The fraction of sp³-hybridized carbons (Fsp3) is 0.750. The minimum absolute atomic E-state index is 0.146. The number of aliphatic imine (C=N–C) groups is 1. The van der Waals surface area contributed by atoms with E-state index in [1.807, 2.05) is 0 Å². The molecule has 2 bridgehead atoms. The van der Waals surface area contributed by atoms with Gasteiger partial charge in [0.15, 0.2) is 6.08 Å². The summed E-state index contributed by atoms with van der Waals surface area (Å²) >= 11 is 0. The average Bonchev–Trinajstić information content (AvgIpc) is 2.86. The molecular formula is C12H18N4O4. The number of morpholine rings is 1. The third-order valence-corrected chi connectivity index (χ3v) is 3.59. The Hall–Kier alpha value is -1.83. The van der Waals surface area contributed by atoms with E-state index in [4.69, 9.17) is 14.0 Å². The standard InChI is InChI=1S/C12H18N4O4/c1-2-19-12(17)13-11-6-15(14-20-11)16-9-4-3-5-10(16)8-18-7-9/h6,9-10H,2-5,7-8H2,1H3. The minimum atomic E-state index is -0.669. The second-order valence-corrected chi connectivity index (χ2v) is 4.93. The molecule has 3 heterocycles. The second kappa shape index (κ2) is 5.66. The van der Waals surface area contributed by atoms with Gasteiger partial charge in [0, 0.05) is 0 Å². The molecule has 2 aliphatic heterocycles. The maximum atomic E-state index is 11.3. The number of aromatic nitrogens is 2. The molecule has 0 spiro atoms. The molecule has 0 amide bonds. The van der Waals surface area contributed by atoms with Crippen LogP contribution in [0.15, 0.2) is 15.7 Å². The van der Waals surface area contributed by atoms with Crippen molar-refractivity contribution in [2.24, 2.45) is 4.99 Å². The lowest BCUT2D eigenvalue weighted by Crippen LogP contribution is -2.72. The molecule has 3 rings (SSSR count). The van der Waals surface area contributed by atoms with Gasteiger partial charge < -0.3 is 14.6 Å². The molecule has 1 aromatic heterocycles. The Morgan fingerprint density at radius 3 is 3.00 bits per heavy atom. The number of rotatable bonds is 3. The Balaban J connectivity index is 1.77. The Labute approximate surface area is 116 Å². The highest BCUT2D eigenvalue weighted by atomic mass is 16.6. The number of piperidine rings is 1. The van der Waals surface area contributed by atoms with Crippen molar-refractivity contribution in [3.8, 4) is 0 Å². The monoisotopic (exact) mass is 282 g/mol. The molecule has 0 N–H and O–H groups in total. The summed E-state index contributed by atoms with van der Waals surface area (Å²) in [5.41, 5.74) is 0. The molecule has 2 atom stereocenters. The smallest absolute Gasteiger partial charge is 0.326 e. The van der Waals surface area contributed by atoms with Crippen LogP contribution in [0.1, 0.15) is 26.2 Å². The van der Waals surface area contributed by atoms with E-state index >= 15 is 0 Å². The van der Waals surface area contributed by atoms with Crippen LogP contribution in [0.5, 0.6) is 0 Å². The summed E-state index contributed by atoms with van der Waals surface area (Å²) in [5.74, 6) is 0.146. The molecule has 110 valence electrons. The van der Waals surface area contributed by atoms with Crippen LogP contribution in [-0.4, -0.2) is 43.3 Å². The van der Waals surface area contributed by atoms with Crippen molar-refractivity contribution in [2.45, 2.75) is 38.3 Å². The van der Waals surface area contributed by atoms with Crippen molar-refractivity contribution < 1.29 is 23.9 Å². The maximum Gasteiger partial charge on any atom is 0.326 e. The van der Waals surface area contributed by atoms with E-state index in [2.05, 4.69) is 15.3 Å². The molecule has 20 heavy (non-hydrogen) atoms. The summed E-state index contributed by atoms with van der Waals surface area (Å²) < 4.78 is 15.4. The quantitative estimate of drug-likeness (QED) is 0.411. The highest BCUT2D eigenvalue weighted by Crippen LogP contribution is 2.23. The van der Waals surface area contributed by atoms with Gasteiger partial charge >= 0.3 is 5.88 Å². The largest absolute Gasteiger partial charge is 0.600 e. The number of hydrogen-bond donors (Lipinski definition) is 0. The minimum Gasteiger partial charge on any atom is -0.600 e. The van der Waals surface area contributed by atoms with Crippen molar-refractivity contribution in [1.29, 1.82) is 0 Å². The van der Waals surface area contributed by atoms with Gasteiger partial charge in [-0.3, -0.25) is 4.52 Å². The van der Waals surface area contributed by atoms with Crippen molar-refractivity contribution in [3.63, 3.8) is 0 Å². The lowest BCUT2D eigenvalue weighted by molar-refractivity contribution is -0.768. The van der Waals surface area contributed by atoms with Crippen LogP contribution in [0.2, 0.25) is 0 Å². The summed E-state index contributed by atoms with van der Waals surface area (Å²) in [5, 5.41) is 17.4. The molecule has 0 radical (unpaired) electrons. The van der Waals surface area contributed by atoms with Gasteiger partial charge in [0.1, 0.15) is 12.1 Å². The maximum absolute atomic E-state index is 11.3. The van der Waals surface area contributed by atoms with Gasteiger partial charge in [-0.2, -0.15) is 4.99 Å². The molecular weight excluding hydrogens is 264 g/mol. The predicted molar refractivity (Wildman–Crippen MR) is 65.9 cm³/mol. The lowest BCUT2D eigenvalue weighted by Gasteiger charge is -2.39. The highest BCUT2D eigenvalue weighted by Gasteiger charge is 2.42. The normalized spacial score (nSPS) is 26.6. The predicted octanol–water partition coefficient (Wildman–Crippen LogP) is -0.764. The van der Waals surface area contributed by atoms with Crippen LogP contribution < -0.4 is 14.9 Å². The Morgan fingerprint density at radius 1 is 1.55 bits per heavy atom. The zero-order chi connectivity index (χ0) is 13.9. The summed E-state index contributed by atoms with van der Waals surface area (Å²) in [6.07, 6.45) is 4.28. The van der Waals surface area contributed by atoms with Crippen LogP contribution in [0, 0.1) is 0 Å². The molecule has 2 fully saturated rings. The van der Waals surface area contributed by atoms with Gasteiger partial charge in [-0.25, -0.2) is 0 Å². The summed E-state index contributed by atoms with van der Waals surface area (Å²) in [4.78, 5) is 5.32. The van der Waals surface area contributed by atoms with Crippen molar-refractivity contribution in [2.75, 3.05) is 24.8 Å². The topological polar surface area (TPSA) is 87.0 Å². The summed E-state index contributed by atoms with van der Waals surface area (Å²) in [6, 6.07) is 0.598. The van der Waals surface area contributed by atoms with Gasteiger partial charge in [0.25, 0.3) is 6.20 Å². The van der Waals surface area contributed by atoms with Crippen molar-refractivity contribution >= 4 is 12.0 Å². The molecule has 8 heteroatoms. The third-order valence-electron chi connectivity index (χ3n) is 3.59. The number of hydrogen-bond acceptors (Lipinski definition) is 7. The van der Waals surface area contributed by atoms with Gasteiger partial charge in [-0.05, 0) is 25.9 Å². The molecule has 0 aliphatic carbocycles. The van der Waals surface area contributed by atoms with Crippen LogP contribution in [0.3, 0.4) is 0 Å². The molecule has 2 aliphatic rings. The van der Waals surface area contributed by atoms with Crippen LogP contribution >= 0.6 is 0 Å². The molecule has 1 aromatic rings. The van der Waals surface area contributed by atoms with Gasteiger partial charge in [-0.1, -0.05) is 6.92 Å². The first-order chi connectivity index (χ1) is 9.78. The van der Waals surface area contributed by atoms with E-state index in [9.17, 15) is 5.11 Å². The van der Waals surface area contributed by atoms with Crippen LogP contribution in [0.4, 0.5) is 5.88 Å². The average molecular weight is 282 g/mol. The second-order valence-electron chi connectivity index (χ2n) is 4.93. The Kier molecular flexibility index (Phi) is 3.72. The number of ether oxygens (including phenoxy) is 2. The van der Waals surface area contributed by atoms with E-state index in [1.165, 1.54) is 6.42 Å². The molecule has 2 saturated heterocycles. The number of nitrogens with zero attached hydrogens (tertiary/aromatic N) is 4. The highest BCUT2D eigenvalue weighted by molar-refractivity contribution is 5.64. The first-order valence-corrected chi connectivity index (χ1v) is 6.91. The number of fused-ring (bicyclic) bond motifs is 2. The molecule has 2 unspecified atom stereocenters. The van der Waals surface area contributed by atoms with Gasteiger partial charge in [0.2, 0.25) is 5.27 Å². The van der Waals surface area contributed by atoms with Crippen molar-refractivity contribution in [3.05, 3.63) is 6.20 Å². The van der Waals surface area contributed by atoms with Crippen LogP contribution in [-0.2, 0) is 9.47 Å². The molecule has 0 aromatic carbocycles. The SMILES string of the molecule is CCOC([O-])=Nc1c[n+](N2C3CCCC2COC3)no1. The van der Waals surface area contributed by atoms with Gasteiger partial charge in [0.05, 0.1) is 18.0 Å². The van der Waals surface area contributed by atoms with Crippen LogP contribution in [0.25, 0.3) is 0 Å². The zero-order valence-electron chi connectivity index (χ0n) is 11.4. The summed E-state index contributed by atoms with van der Waals surface area (Å²) in [6.45, 7) is 3.40. The molecule has 8 nitrogen and oxygen atoms in total. The fourth-order valence-electron chi connectivity index (χ4n) is 2.78.